The van der Waals surface area contributed by atoms with Gasteiger partial charge in [-0.05, 0) is 37.5 Å². The lowest BCUT2D eigenvalue weighted by molar-refractivity contribution is 0.578. The third-order valence-corrected chi connectivity index (χ3v) is 4.60. The Bertz CT molecular complexity index is 485. The number of alkyl halides is 1. The van der Waals surface area contributed by atoms with E-state index in [-0.39, 0.29) is 11.9 Å². The van der Waals surface area contributed by atoms with Gasteiger partial charge in [0.2, 0.25) is 10.0 Å². The molecule has 0 fully saturated rings. The molecule has 1 aromatic rings. The summed E-state index contributed by atoms with van der Waals surface area (Å²) in [4.78, 5) is 0.331. The fourth-order valence-electron chi connectivity index (χ4n) is 1.42. The zero-order valence-corrected chi connectivity index (χ0v) is 11.9. The average Bonchev–Trinajstić information content (AvgIpc) is 2.29. The molecular weight excluding hydrogens is 258 g/mol. The summed E-state index contributed by atoms with van der Waals surface area (Å²) in [5, 5.41) is -0.171. The molecule has 1 aromatic carbocycles. The largest absolute Gasteiger partial charge is 0.240 e. The molecule has 5 heteroatoms. The molecule has 0 bridgehead atoms. The summed E-state index contributed by atoms with van der Waals surface area (Å²) in [5.41, 5.74) is 1.67. The van der Waals surface area contributed by atoms with Crippen LogP contribution in [0.3, 0.4) is 0 Å². The first-order valence-electron chi connectivity index (χ1n) is 5.57. The SMILES string of the molecule is CCC(Cl)CNS(=O)(=O)c1cc(C)ccc1C. The molecule has 0 aliphatic rings. The van der Waals surface area contributed by atoms with Gasteiger partial charge in [0.15, 0.2) is 0 Å². The highest BCUT2D eigenvalue weighted by atomic mass is 35.5. The first-order valence-corrected chi connectivity index (χ1v) is 7.49. The molecule has 17 heavy (non-hydrogen) atoms. The lowest BCUT2D eigenvalue weighted by atomic mass is 10.2. The van der Waals surface area contributed by atoms with Crippen molar-refractivity contribution in [2.24, 2.45) is 0 Å². The van der Waals surface area contributed by atoms with E-state index in [1.54, 1.807) is 13.0 Å². The maximum atomic E-state index is 12.1. The van der Waals surface area contributed by atoms with Crippen LogP contribution in [0, 0.1) is 13.8 Å². The Morgan fingerprint density at radius 1 is 1.35 bits per heavy atom. The third kappa shape index (κ3) is 3.98. The highest BCUT2D eigenvalue weighted by Gasteiger charge is 2.17. The van der Waals surface area contributed by atoms with Gasteiger partial charge in [-0.1, -0.05) is 19.1 Å². The maximum absolute atomic E-state index is 12.1. The van der Waals surface area contributed by atoms with Crippen LogP contribution in [0.2, 0.25) is 0 Å². The van der Waals surface area contributed by atoms with Crippen molar-refractivity contribution in [2.45, 2.75) is 37.5 Å². The third-order valence-electron chi connectivity index (χ3n) is 2.57. The molecule has 0 heterocycles. The molecule has 0 radical (unpaired) electrons. The van der Waals surface area contributed by atoms with Crippen LogP contribution in [0.15, 0.2) is 23.1 Å². The van der Waals surface area contributed by atoms with E-state index in [1.807, 2.05) is 26.0 Å². The van der Waals surface area contributed by atoms with Crippen molar-refractivity contribution < 1.29 is 8.42 Å². The number of rotatable bonds is 5. The van der Waals surface area contributed by atoms with Gasteiger partial charge in [-0.15, -0.1) is 11.6 Å². The van der Waals surface area contributed by atoms with Gasteiger partial charge in [0.1, 0.15) is 0 Å². The number of hydrogen-bond donors (Lipinski definition) is 1. The van der Waals surface area contributed by atoms with Crippen molar-refractivity contribution >= 4 is 21.6 Å². The van der Waals surface area contributed by atoms with Gasteiger partial charge in [0, 0.05) is 11.9 Å². The summed E-state index contributed by atoms with van der Waals surface area (Å²) >= 11 is 5.90. The number of benzene rings is 1. The quantitative estimate of drug-likeness (QED) is 0.840. The highest BCUT2D eigenvalue weighted by molar-refractivity contribution is 7.89. The minimum Gasteiger partial charge on any atom is -0.210 e. The second-order valence-corrected chi connectivity index (χ2v) is 6.48. The van der Waals surface area contributed by atoms with Crippen LogP contribution < -0.4 is 4.72 Å². The molecule has 0 amide bonds. The average molecular weight is 276 g/mol. The smallest absolute Gasteiger partial charge is 0.210 e. The van der Waals surface area contributed by atoms with Crippen LogP contribution in [0.1, 0.15) is 24.5 Å². The fraction of sp³-hybridized carbons (Fsp3) is 0.500. The normalized spacial score (nSPS) is 13.6. The van der Waals surface area contributed by atoms with Gasteiger partial charge in [-0.25, -0.2) is 13.1 Å². The van der Waals surface area contributed by atoms with Crippen molar-refractivity contribution in [3.8, 4) is 0 Å². The Kier molecular flexibility index (Phi) is 4.98. The molecule has 0 aliphatic carbocycles. The Labute approximate surface area is 108 Å². The van der Waals surface area contributed by atoms with Gasteiger partial charge < -0.3 is 0 Å². The first kappa shape index (κ1) is 14.5. The molecule has 3 nitrogen and oxygen atoms in total. The monoisotopic (exact) mass is 275 g/mol. The van der Waals surface area contributed by atoms with E-state index in [1.165, 1.54) is 0 Å². The van der Waals surface area contributed by atoms with Crippen LogP contribution in [-0.2, 0) is 10.0 Å². The Morgan fingerprint density at radius 2 is 2.00 bits per heavy atom. The summed E-state index contributed by atoms with van der Waals surface area (Å²) < 4.78 is 26.6. The van der Waals surface area contributed by atoms with Crippen LogP contribution >= 0.6 is 11.6 Å². The van der Waals surface area contributed by atoms with E-state index < -0.39 is 10.0 Å². The predicted molar refractivity (Wildman–Crippen MR) is 71.0 cm³/mol. The predicted octanol–water partition coefficient (Wildman–Crippen LogP) is 2.60. The van der Waals surface area contributed by atoms with E-state index in [0.29, 0.717) is 4.90 Å². The Morgan fingerprint density at radius 3 is 2.59 bits per heavy atom. The fourth-order valence-corrected chi connectivity index (χ4v) is 3.00. The number of hydrogen-bond acceptors (Lipinski definition) is 2. The molecule has 0 saturated heterocycles. The molecule has 0 aromatic heterocycles. The van der Waals surface area contributed by atoms with Crippen LogP contribution in [-0.4, -0.2) is 20.3 Å². The van der Waals surface area contributed by atoms with Gasteiger partial charge in [0.05, 0.1) is 4.90 Å². The van der Waals surface area contributed by atoms with Crippen LogP contribution in [0.4, 0.5) is 0 Å². The summed E-state index contributed by atoms with van der Waals surface area (Å²) in [7, 11) is -3.45. The first-order chi connectivity index (χ1) is 7.86. The van der Waals surface area contributed by atoms with E-state index in [9.17, 15) is 8.42 Å². The molecule has 1 unspecified atom stereocenters. The van der Waals surface area contributed by atoms with E-state index >= 15 is 0 Å². The summed E-state index contributed by atoms with van der Waals surface area (Å²) in [6.45, 7) is 5.83. The Balaban J connectivity index is 2.93. The van der Waals surface area contributed by atoms with Gasteiger partial charge in [-0.3, -0.25) is 0 Å². The second kappa shape index (κ2) is 5.85. The summed E-state index contributed by atoms with van der Waals surface area (Å²) in [6.07, 6.45) is 0.733. The van der Waals surface area contributed by atoms with Crippen LogP contribution in [0.25, 0.3) is 0 Å². The second-order valence-electron chi connectivity index (χ2n) is 4.13. The minimum atomic E-state index is -3.45. The van der Waals surface area contributed by atoms with E-state index in [0.717, 1.165) is 17.5 Å². The molecule has 96 valence electrons. The zero-order valence-electron chi connectivity index (χ0n) is 10.3. The van der Waals surface area contributed by atoms with Crippen molar-refractivity contribution in [1.82, 2.24) is 4.72 Å². The molecule has 1 atom stereocenters. The molecule has 1 rings (SSSR count). The molecule has 0 aliphatic heterocycles. The molecule has 0 saturated carbocycles. The number of sulfonamides is 1. The number of aryl methyl sites for hydroxylation is 2. The lowest BCUT2D eigenvalue weighted by Crippen LogP contribution is -2.30. The Hall–Kier alpha value is -0.580. The summed E-state index contributed by atoms with van der Waals surface area (Å²) in [6, 6.07) is 5.37. The maximum Gasteiger partial charge on any atom is 0.240 e. The molecular formula is C12H18ClNO2S. The number of nitrogens with one attached hydrogen (secondary N) is 1. The van der Waals surface area contributed by atoms with Crippen molar-refractivity contribution in [3.05, 3.63) is 29.3 Å². The lowest BCUT2D eigenvalue weighted by Gasteiger charge is -2.12. The summed E-state index contributed by atoms with van der Waals surface area (Å²) in [5.74, 6) is 0. The zero-order chi connectivity index (χ0) is 13.1. The van der Waals surface area contributed by atoms with Gasteiger partial charge in [-0.2, -0.15) is 0 Å². The van der Waals surface area contributed by atoms with E-state index in [2.05, 4.69) is 4.72 Å². The highest BCUT2D eigenvalue weighted by Crippen LogP contribution is 2.16. The topological polar surface area (TPSA) is 46.2 Å². The molecule has 0 spiro atoms. The minimum absolute atomic E-state index is 0.171. The van der Waals surface area contributed by atoms with Crippen LogP contribution in [0.5, 0.6) is 0 Å². The van der Waals surface area contributed by atoms with Crippen molar-refractivity contribution in [1.29, 1.82) is 0 Å². The van der Waals surface area contributed by atoms with Gasteiger partial charge >= 0.3 is 0 Å². The van der Waals surface area contributed by atoms with E-state index in [4.69, 9.17) is 11.6 Å². The number of halogens is 1. The molecule has 1 N–H and O–H groups in total. The standard InChI is InChI=1S/C12H18ClNO2S/c1-4-11(13)8-14-17(15,16)12-7-9(2)5-6-10(12)3/h5-7,11,14H,4,8H2,1-3H3. The van der Waals surface area contributed by atoms with Crippen molar-refractivity contribution in [3.63, 3.8) is 0 Å². The van der Waals surface area contributed by atoms with Crippen molar-refractivity contribution in [2.75, 3.05) is 6.54 Å². The van der Waals surface area contributed by atoms with Gasteiger partial charge in [0.25, 0.3) is 0 Å².